The summed E-state index contributed by atoms with van der Waals surface area (Å²) in [6.07, 6.45) is -2.98. The molecule has 0 saturated heterocycles. The van der Waals surface area contributed by atoms with Crippen LogP contribution in [0.2, 0.25) is 0 Å². The summed E-state index contributed by atoms with van der Waals surface area (Å²) in [5, 5.41) is 0.711. The van der Waals surface area contributed by atoms with Gasteiger partial charge in [0.05, 0.1) is 11.2 Å². The molecule has 1 aliphatic rings. The first kappa shape index (κ1) is 17.6. The second-order valence-electron chi connectivity index (χ2n) is 6.72. The van der Waals surface area contributed by atoms with Gasteiger partial charge in [-0.1, -0.05) is 30.3 Å². The molecule has 6 heteroatoms. The maximum atomic E-state index is 12.6. The molecule has 0 saturated carbocycles. The van der Waals surface area contributed by atoms with Gasteiger partial charge in [-0.25, -0.2) is 0 Å². The number of fused-ring (bicyclic) bond motifs is 3. The van der Waals surface area contributed by atoms with Crippen molar-refractivity contribution in [1.82, 2.24) is 4.98 Å². The van der Waals surface area contributed by atoms with Gasteiger partial charge in [-0.15, -0.1) is 13.2 Å². The SMILES string of the molecule is Cc1nc2ccc(OC(F)(F)F)cc2c2c1CCN2CCc1ccccc1. The Morgan fingerprint density at radius 2 is 1.89 bits per heavy atom. The average molecular weight is 372 g/mol. The second kappa shape index (κ2) is 6.76. The highest BCUT2D eigenvalue weighted by molar-refractivity contribution is 5.96. The van der Waals surface area contributed by atoms with Crippen LogP contribution in [0.15, 0.2) is 48.5 Å². The van der Waals surface area contributed by atoms with Crippen LogP contribution in [0, 0.1) is 6.92 Å². The smallest absolute Gasteiger partial charge is 0.406 e. The van der Waals surface area contributed by atoms with E-state index in [0.717, 1.165) is 42.9 Å². The predicted octanol–water partition coefficient (Wildman–Crippen LogP) is 5.05. The van der Waals surface area contributed by atoms with Crippen LogP contribution in [0.4, 0.5) is 18.9 Å². The zero-order valence-corrected chi connectivity index (χ0v) is 14.9. The van der Waals surface area contributed by atoms with Gasteiger partial charge in [0, 0.05) is 24.2 Å². The molecule has 0 spiro atoms. The van der Waals surface area contributed by atoms with Gasteiger partial charge in [0.15, 0.2) is 0 Å². The van der Waals surface area contributed by atoms with E-state index in [-0.39, 0.29) is 5.75 Å². The highest BCUT2D eigenvalue weighted by atomic mass is 19.4. The summed E-state index contributed by atoms with van der Waals surface area (Å²) in [5.41, 5.74) is 4.96. The monoisotopic (exact) mass is 372 g/mol. The average Bonchev–Trinajstić information content (AvgIpc) is 3.05. The normalized spacial score (nSPS) is 13.9. The minimum Gasteiger partial charge on any atom is -0.406 e. The number of alkyl halides is 3. The number of pyridine rings is 1. The van der Waals surface area contributed by atoms with Crippen molar-refractivity contribution >= 4 is 16.6 Å². The van der Waals surface area contributed by atoms with Crippen molar-refractivity contribution in [3.8, 4) is 5.75 Å². The van der Waals surface area contributed by atoms with Crippen molar-refractivity contribution in [2.45, 2.75) is 26.1 Å². The van der Waals surface area contributed by atoms with Gasteiger partial charge in [0.25, 0.3) is 0 Å². The Morgan fingerprint density at radius 3 is 2.63 bits per heavy atom. The van der Waals surface area contributed by atoms with Crippen molar-refractivity contribution < 1.29 is 17.9 Å². The van der Waals surface area contributed by atoms with Gasteiger partial charge in [0.1, 0.15) is 5.75 Å². The Morgan fingerprint density at radius 1 is 1.11 bits per heavy atom. The number of aryl methyl sites for hydroxylation is 1. The molecule has 0 atom stereocenters. The van der Waals surface area contributed by atoms with Crippen LogP contribution in [0.1, 0.15) is 16.8 Å². The van der Waals surface area contributed by atoms with E-state index in [9.17, 15) is 13.2 Å². The molecule has 27 heavy (non-hydrogen) atoms. The molecule has 0 fully saturated rings. The highest BCUT2D eigenvalue weighted by Crippen LogP contribution is 2.38. The Balaban J connectivity index is 1.70. The van der Waals surface area contributed by atoms with Crippen LogP contribution in [0.3, 0.4) is 0 Å². The van der Waals surface area contributed by atoms with Crippen molar-refractivity contribution in [2.75, 3.05) is 18.0 Å². The Kier molecular flexibility index (Phi) is 4.42. The summed E-state index contributed by atoms with van der Waals surface area (Å²) in [4.78, 5) is 6.82. The molecular formula is C21H19F3N2O. The van der Waals surface area contributed by atoms with E-state index in [1.165, 1.54) is 17.7 Å². The number of nitrogens with zero attached hydrogens (tertiary/aromatic N) is 2. The summed E-state index contributed by atoms with van der Waals surface area (Å²) >= 11 is 0. The molecule has 0 unspecified atom stereocenters. The molecule has 3 nitrogen and oxygen atoms in total. The van der Waals surface area contributed by atoms with Gasteiger partial charge >= 0.3 is 6.36 Å². The minimum absolute atomic E-state index is 0.210. The van der Waals surface area contributed by atoms with Crippen molar-refractivity contribution in [3.05, 3.63) is 65.4 Å². The summed E-state index contributed by atoms with van der Waals surface area (Å²) in [5.74, 6) is -0.210. The molecule has 140 valence electrons. The molecular weight excluding hydrogens is 353 g/mol. The third-order valence-corrected chi connectivity index (χ3v) is 4.93. The Bertz CT molecular complexity index is 971. The van der Waals surface area contributed by atoms with E-state index in [0.29, 0.717) is 10.9 Å². The first-order valence-corrected chi connectivity index (χ1v) is 8.88. The van der Waals surface area contributed by atoms with Crippen molar-refractivity contribution in [1.29, 1.82) is 0 Å². The number of benzene rings is 2. The molecule has 2 heterocycles. The summed E-state index contributed by atoms with van der Waals surface area (Å²) in [6, 6.07) is 14.5. The fraction of sp³-hybridized carbons (Fsp3) is 0.286. The Hall–Kier alpha value is -2.76. The Labute approximate surface area is 155 Å². The van der Waals surface area contributed by atoms with Crippen LogP contribution < -0.4 is 9.64 Å². The largest absolute Gasteiger partial charge is 0.573 e. The molecule has 2 aromatic carbocycles. The van der Waals surface area contributed by atoms with Gasteiger partial charge in [-0.3, -0.25) is 4.98 Å². The topological polar surface area (TPSA) is 25.4 Å². The van der Waals surface area contributed by atoms with E-state index in [1.807, 2.05) is 25.1 Å². The van der Waals surface area contributed by atoms with Crippen LogP contribution >= 0.6 is 0 Å². The number of ether oxygens (including phenoxy) is 1. The third kappa shape index (κ3) is 3.70. The van der Waals surface area contributed by atoms with Crippen molar-refractivity contribution in [2.24, 2.45) is 0 Å². The lowest BCUT2D eigenvalue weighted by Crippen LogP contribution is -2.23. The van der Waals surface area contributed by atoms with Gasteiger partial charge < -0.3 is 9.64 Å². The fourth-order valence-corrected chi connectivity index (χ4v) is 3.73. The van der Waals surface area contributed by atoms with Crippen LogP contribution in [0.5, 0.6) is 5.75 Å². The van der Waals surface area contributed by atoms with Gasteiger partial charge in [-0.2, -0.15) is 0 Å². The molecule has 1 aromatic heterocycles. The standard InChI is InChI=1S/C21H19F3N2O/c1-14-17-10-12-26(11-9-15-5-3-2-4-6-15)20(17)18-13-16(27-21(22,23)24)7-8-19(18)25-14/h2-8,13H,9-12H2,1H3. The summed E-state index contributed by atoms with van der Waals surface area (Å²) < 4.78 is 42.0. The molecule has 4 rings (SSSR count). The van der Waals surface area contributed by atoms with E-state index in [2.05, 4.69) is 26.8 Å². The molecule has 0 amide bonds. The molecule has 0 radical (unpaired) electrons. The maximum absolute atomic E-state index is 12.6. The zero-order chi connectivity index (χ0) is 19.0. The predicted molar refractivity (Wildman–Crippen MR) is 99.2 cm³/mol. The molecule has 0 N–H and O–H groups in total. The summed E-state index contributed by atoms with van der Waals surface area (Å²) in [7, 11) is 0. The summed E-state index contributed by atoms with van der Waals surface area (Å²) in [6.45, 7) is 3.60. The molecule has 3 aromatic rings. The highest BCUT2D eigenvalue weighted by Gasteiger charge is 2.32. The van der Waals surface area contributed by atoms with E-state index < -0.39 is 6.36 Å². The van der Waals surface area contributed by atoms with E-state index in [1.54, 1.807) is 6.07 Å². The number of aromatic nitrogens is 1. The lowest BCUT2D eigenvalue weighted by molar-refractivity contribution is -0.274. The first-order valence-electron chi connectivity index (χ1n) is 8.88. The number of halogens is 3. The minimum atomic E-state index is -4.71. The van der Waals surface area contributed by atoms with Gasteiger partial charge in [0.2, 0.25) is 0 Å². The zero-order valence-electron chi connectivity index (χ0n) is 14.9. The maximum Gasteiger partial charge on any atom is 0.573 e. The first-order chi connectivity index (χ1) is 12.9. The van der Waals surface area contributed by atoms with E-state index in [4.69, 9.17) is 0 Å². The van der Waals surface area contributed by atoms with Crippen molar-refractivity contribution in [3.63, 3.8) is 0 Å². The van der Waals surface area contributed by atoms with E-state index >= 15 is 0 Å². The number of anilines is 1. The molecule has 0 aliphatic carbocycles. The van der Waals surface area contributed by atoms with Crippen LogP contribution in [0.25, 0.3) is 10.9 Å². The number of hydrogen-bond acceptors (Lipinski definition) is 3. The number of rotatable bonds is 4. The van der Waals surface area contributed by atoms with Crippen LogP contribution in [-0.2, 0) is 12.8 Å². The quantitative estimate of drug-likeness (QED) is 0.641. The van der Waals surface area contributed by atoms with Crippen LogP contribution in [-0.4, -0.2) is 24.4 Å². The lowest BCUT2D eigenvalue weighted by Gasteiger charge is -2.22. The number of hydrogen-bond donors (Lipinski definition) is 0. The van der Waals surface area contributed by atoms with Gasteiger partial charge in [-0.05, 0) is 49.1 Å². The molecule has 1 aliphatic heterocycles. The fourth-order valence-electron chi connectivity index (χ4n) is 3.73. The molecule has 0 bridgehead atoms. The lowest BCUT2D eigenvalue weighted by atomic mass is 10.1. The third-order valence-electron chi connectivity index (χ3n) is 4.93. The second-order valence-corrected chi connectivity index (χ2v) is 6.72.